The van der Waals surface area contributed by atoms with Crippen LogP contribution in [-0.4, -0.2) is 11.6 Å². The van der Waals surface area contributed by atoms with E-state index in [-0.39, 0.29) is 6.04 Å². The standard InChI is InChI=1S/C15H16F2N2O/c1-3-20-15-14(5-4-8-18-15)19-10(2)11-6-7-12(16)13(17)9-11/h4-10,19H,3H2,1-2H3. The maximum Gasteiger partial charge on any atom is 0.237 e. The molecule has 0 fully saturated rings. The van der Waals surface area contributed by atoms with Gasteiger partial charge in [0.2, 0.25) is 5.88 Å². The van der Waals surface area contributed by atoms with Gasteiger partial charge in [-0.15, -0.1) is 0 Å². The van der Waals surface area contributed by atoms with Gasteiger partial charge in [-0.2, -0.15) is 0 Å². The molecule has 5 heteroatoms. The maximum absolute atomic E-state index is 13.2. The Bertz CT molecular complexity index is 590. The molecule has 1 heterocycles. The number of halogens is 2. The second-order valence-electron chi connectivity index (χ2n) is 4.33. The minimum atomic E-state index is -0.854. The smallest absolute Gasteiger partial charge is 0.237 e. The largest absolute Gasteiger partial charge is 0.476 e. The van der Waals surface area contributed by atoms with Crippen LogP contribution in [0.4, 0.5) is 14.5 Å². The van der Waals surface area contributed by atoms with Crippen LogP contribution in [0.25, 0.3) is 0 Å². The lowest BCUT2D eigenvalue weighted by Gasteiger charge is -2.17. The first-order valence-corrected chi connectivity index (χ1v) is 6.41. The summed E-state index contributed by atoms with van der Waals surface area (Å²) in [5, 5.41) is 3.18. The molecule has 3 nitrogen and oxygen atoms in total. The zero-order valence-corrected chi connectivity index (χ0v) is 11.4. The van der Waals surface area contributed by atoms with E-state index in [1.807, 2.05) is 19.9 Å². The molecule has 0 radical (unpaired) electrons. The Hall–Kier alpha value is -2.17. The fraction of sp³-hybridized carbons (Fsp3) is 0.267. The van der Waals surface area contributed by atoms with E-state index < -0.39 is 11.6 Å². The highest BCUT2D eigenvalue weighted by Crippen LogP contribution is 2.26. The highest BCUT2D eigenvalue weighted by Gasteiger charge is 2.12. The Morgan fingerprint density at radius 3 is 2.75 bits per heavy atom. The first-order chi connectivity index (χ1) is 9.61. The number of hydrogen-bond donors (Lipinski definition) is 1. The molecule has 1 aromatic heterocycles. The van der Waals surface area contributed by atoms with Crippen LogP contribution < -0.4 is 10.1 Å². The molecule has 0 aliphatic rings. The van der Waals surface area contributed by atoms with Crippen LogP contribution in [0.3, 0.4) is 0 Å². The molecular weight excluding hydrogens is 262 g/mol. The Labute approximate surface area is 116 Å². The fourth-order valence-electron chi connectivity index (χ4n) is 1.85. The minimum Gasteiger partial charge on any atom is -0.476 e. The lowest BCUT2D eigenvalue weighted by molar-refractivity contribution is 0.328. The third-order valence-electron chi connectivity index (χ3n) is 2.87. The number of hydrogen-bond acceptors (Lipinski definition) is 3. The summed E-state index contributed by atoms with van der Waals surface area (Å²) >= 11 is 0. The van der Waals surface area contributed by atoms with Crippen molar-refractivity contribution in [1.82, 2.24) is 4.98 Å². The number of rotatable bonds is 5. The van der Waals surface area contributed by atoms with E-state index in [0.29, 0.717) is 23.7 Å². The highest BCUT2D eigenvalue weighted by molar-refractivity contribution is 5.53. The summed E-state index contributed by atoms with van der Waals surface area (Å²) < 4.78 is 31.6. The van der Waals surface area contributed by atoms with E-state index in [2.05, 4.69) is 10.3 Å². The van der Waals surface area contributed by atoms with Crippen LogP contribution in [0.5, 0.6) is 5.88 Å². The van der Waals surface area contributed by atoms with Gasteiger partial charge in [0, 0.05) is 12.2 Å². The van der Waals surface area contributed by atoms with Crippen molar-refractivity contribution in [1.29, 1.82) is 0 Å². The predicted molar refractivity (Wildman–Crippen MR) is 73.8 cm³/mol. The zero-order valence-electron chi connectivity index (χ0n) is 11.4. The van der Waals surface area contributed by atoms with Crippen molar-refractivity contribution in [3.8, 4) is 5.88 Å². The van der Waals surface area contributed by atoms with Crippen molar-refractivity contribution in [2.24, 2.45) is 0 Å². The molecule has 2 rings (SSSR count). The van der Waals surface area contributed by atoms with E-state index in [0.717, 1.165) is 6.07 Å². The number of benzene rings is 1. The first kappa shape index (κ1) is 14.2. The van der Waals surface area contributed by atoms with E-state index in [9.17, 15) is 8.78 Å². The number of aromatic nitrogens is 1. The molecule has 0 bridgehead atoms. The van der Waals surface area contributed by atoms with Crippen LogP contribution in [-0.2, 0) is 0 Å². The Morgan fingerprint density at radius 1 is 1.25 bits per heavy atom. The molecule has 1 atom stereocenters. The van der Waals surface area contributed by atoms with Crippen LogP contribution >= 0.6 is 0 Å². The lowest BCUT2D eigenvalue weighted by atomic mass is 10.1. The van der Waals surface area contributed by atoms with Crippen LogP contribution in [0.1, 0.15) is 25.5 Å². The predicted octanol–water partition coefficient (Wildman–Crippen LogP) is 3.93. The van der Waals surface area contributed by atoms with Gasteiger partial charge in [0.05, 0.1) is 12.3 Å². The third kappa shape index (κ3) is 3.23. The Morgan fingerprint density at radius 2 is 2.05 bits per heavy atom. The topological polar surface area (TPSA) is 34.1 Å². The van der Waals surface area contributed by atoms with Crippen molar-refractivity contribution in [2.45, 2.75) is 19.9 Å². The molecule has 1 unspecified atom stereocenters. The molecule has 20 heavy (non-hydrogen) atoms. The molecule has 0 saturated carbocycles. The maximum atomic E-state index is 13.2. The average molecular weight is 278 g/mol. The molecule has 0 amide bonds. The monoisotopic (exact) mass is 278 g/mol. The second kappa shape index (κ2) is 6.32. The normalized spacial score (nSPS) is 12.0. The molecule has 0 saturated heterocycles. The van der Waals surface area contributed by atoms with Crippen LogP contribution in [0.15, 0.2) is 36.5 Å². The summed E-state index contributed by atoms with van der Waals surface area (Å²) in [6, 6.07) is 7.26. The van der Waals surface area contributed by atoms with Crippen LogP contribution in [0, 0.1) is 11.6 Å². The summed E-state index contributed by atoms with van der Waals surface area (Å²) in [5.74, 6) is -1.21. The molecule has 0 spiro atoms. The number of nitrogens with one attached hydrogen (secondary N) is 1. The molecule has 0 aliphatic carbocycles. The van der Waals surface area contributed by atoms with Gasteiger partial charge < -0.3 is 10.1 Å². The molecular formula is C15H16F2N2O. The number of nitrogens with zero attached hydrogens (tertiary/aromatic N) is 1. The van der Waals surface area contributed by atoms with Gasteiger partial charge in [0.1, 0.15) is 0 Å². The first-order valence-electron chi connectivity index (χ1n) is 6.41. The van der Waals surface area contributed by atoms with Crippen LogP contribution in [0.2, 0.25) is 0 Å². The van der Waals surface area contributed by atoms with Crippen molar-refractivity contribution in [2.75, 3.05) is 11.9 Å². The van der Waals surface area contributed by atoms with Crippen molar-refractivity contribution in [3.63, 3.8) is 0 Å². The van der Waals surface area contributed by atoms with Gasteiger partial charge in [-0.25, -0.2) is 13.8 Å². The molecule has 1 N–H and O–H groups in total. The Kier molecular flexibility index (Phi) is 4.50. The van der Waals surface area contributed by atoms with Crippen molar-refractivity contribution >= 4 is 5.69 Å². The highest BCUT2D eigenvalue weighted by atomic mass is 19.2. The van der Waals surface area contributed by atoms with E-state index >= 15 is 0 Å². The van der Waals surface area contributed by atoms with Gasteiger partial charge in [0.15, 0.2) is 11.6 Å². The zero-order chi connectivity index (χ0) is 14.5. The summed E-state index contributed by atoms with van der Waals surface area (Å²) in [7, 11) is 0. The Balaban J connectivity index is 2.18. The van der Waals surface area contributed by atoms with Gasteiger partial charge in [-0.05, 0) is 43.7 Å². The van der Waals surface area contributed by atoms with E-state index in [1.165, 1.54) is 6.07 Å². The van der Waals surface area contributed by atoms with Gasteiger partial charge in [-0.1, -0.05) is 6.07 Å². The minimum absolute atomic E-state index is 0.200. The summed E-state index contributed by atoms with van der Waals surface area (Å²) in [5.41, 5.74) is 1.36. The lowest BCUT2D eigenvalue weighted by Crippen LogP contribution is -2.09. The third-order valence-corrected chi connectivity index (χ3v) is 2.87. The SMILES string of the molecule is CCOc1ncccc1NC(C)c1ccc(F)c(F)c1. The summed E-state index contributed by atoms with van der Waals surface area (Å²) in [6.45, 7) is 4.23. The molecule has 106 valence electrons. The van der Waals surface area contributed by atoms with Gasteiger partial charge in [0.25, 0.3) is 0 Å². The summed E-state index contributed by atoms with van der Waals surface area (Å²) in [4.78, 5) is 4.13. The quantitative estimate of drug-likeness (QED) is 0.899. The van der Waals surface area contributed by atoms with Crippen molar-refractivity contribution in [3.05, 3.63) is 53.7 Å². The van der Waals surface area contributed by atoms with E-state index in [4.69, 9.17) is 4.74 Å². The number of anilines is 1. The molecule has 2 aromatic rings. The van der Waals surface area contributed by atoms with E-state index in [1.54, 1.807) is 18.3 Å². The number of ether oxygens (including phenoxy) is 1. The molecule has 1 aromatic carbocycles. The second-order valence-corrected chi connectivity index (χ2v) is 4.33. The van der Waals surface area contributed by atoms with Crippen molar-refractivity contribution < 1.29 is 13.5 Å². The molecule has 0 aliphatic heterocycles. The fourth-order valence-corrected chi connectivity index (χ4v) is 1.85. The average Bonchev–Trinajstić information content (AvgIpc) is 2.44. The summed E-state index contributed by atoms with van der Waals surface area (Å²) in [6.07, 6.45) is 1.64. The van der Waals surface area contributed by atoms with Gasteiger partial charge in [-0.3, -0.25) is 0 Å². The number of pyridine rings is 1. The van der Waals surface area contributed by atoms with Gasteiger partial charge >= 0.3 is 0 Å².